The van der Waals surface area contributed by atoms with Crippen LogP contribution in [0.1, 0.15) is 23.6 Å². The molecule has 2 heteroatoms. The standard InChI is InChI=1S/C12H12N2/c1-3-9-4-5-11-12(8(9)2)10(6-13)7-14-11/h4-5,7,14H,3H2,1-2H3. The van der Waals surface area contributed by atoms with Gasteiger partial charge < -0.3 is 4.98 Å². The van der Waals surface area contributed by atoms with Crippen molar-refractivity contribution in [2.75, 3.05) is 0 Å². The number of nitrogens with zero attached hydrogens (tertiary/aromatic N) is 1. The molecule has 1 aromatic carbocycles. The van der Waals surface area contributed by atoms with Gasteiger partial charge in [0.25, 0.3) is 0 Å². The first-order valence-electron chi connectivity index (χ1n) is 4.77. The Kier molecular flexibility index (Phi) is 2.01. The second-order valence-electron chi connectivity index (χ2n) is 3.44. The van der Waals surface area contributed by atoms with Crippen molar-refractivity contribution >= 4 is 10.9 Å². The summed E-state index contributed by atoms with van der Waals surface area (Å²) in [7, 11) is 0. The summed E-state index contributed by atoms with van der Waals surface area (Å²) in [6.07, 6.45) is 2.79. The SMILES string of the molecule is CCc1ccc2[nH]cc(C#N)c2c1C. The topological polar surface area (TPSA) is 39.6 Å². The molecule has 0 aliphatic carbocycles. The van der Waals surface area contributed by atoms with Crippen molar-refractivity contribution in [1.29, 1.82) is 5.26 Å². The van der Waals surface area contributed by atoms with Gasteiger partial charge in [-0.1, -0.05) is 13.0 Å². The van der Waals surface area contributed by atoms with Crippen LogP contribution in [0.5, 0.6) is 0 Å². The molecule has 0 fully saturated rings. The first kappa shape index (κ1) is 8.83. The zero-order valence-corrected chi connectivity index (χ0v) is 8.39. The zero-order valence-electron chi connectivity index (χ0n) is 8.39. The Morgan fingerprint density at radius 2 is 2.21 bits per heavy atom. The number of hydrogen-bond donors (Lipinski definition) is 1. The molecule has 70 valence electrons. The fourth-order valence-corrected chi connectivity index (χ4v) is 1.92. The van der Waals surface area contributed by atoms with Gasteiger partial charge in [0.05, 0.1) is 5.56 Å². The molecular weight excluding hydrogens is 172 g/mol. The molecule has 0 spiro atoms. The number of benzene rings is 1. The Morgan fingerprint density at radius 3 is 2.86 bits per heavy atom. The summed E-state index contributed by atoms with van der Waals surface area (Å²) < 4.78 is 0. The van der Waals surface area contributed by atoms with E-state index in [2.05, 4.69) is 31.0 Å². The highest BCUT2D eigenvalue weighted by Gasteiger charge is 2.07. The number of nitrogens with one attached hydrogen (secondary N) is 1. The van der Waals surface area contributed by atoms with E-state index in [1.807, 2.05) is 6.07 Å². The molecule has 0 saturated carbocycles. The van der Waals surface area contributed by atoms with Crippen LogP contribution in [0.3, 0.4) is 0 Å². The van der Waals surface area contributed by atoms with Crippen LogP contribution in [0.15, 0.2) is 18.3 Å². The summed E-state index contributed by atoms with van der Waals surface area (Å²) in [6.45, 7) is 4.21. The minimum Gasteiger partial charge on any atom is -0.360 e. The molecule has 0 amide bonds. The van der Waals surface area contributed by atoms with E-state index in [-0.39, 0.29) is 0 Å². The van der Waals surface area contributed by atoms with Crippen molar-refractivity contribution in [3.05, 3.63) is 35.0 Å². The van der Waals surface area contributed by atoms with E-state index in [0.717, 1.165) is 22.9 Å². The molecule has 2 rings (SSSR count). The van der Waals surface area contributed by atoms with E-state index < -0.39 is 0 Å². The molecule has 0 aliphatic rings. The van der Waals surface area contributed by atoms with Crippen molar-refractivity contribution in [2.45, 2.75) is 20.3 Å². The third-order valence-electron chi connectivity index (χ3n) is 2.72. The minimum absolute atomic E-state index is 0.743. The molecule has 1 heterocycles. The predicted molar refractivity (Wildman–Crippen MR) is 57.1 cm³/mol. The van der Waals surface area contributed by atoms with E-state index in [4.69, 9.17) is 5.26 Å². The molecule has 0 aliphatic heterocycles. The maximum atomic E-state index is 8.94. The number of aromatic amines is 1. The Morgan fingerprint density at radius 1 is 1.43 bits per heavy atom. The highest BCUT2D eigenvalue weighted by atomic mass is 14.7. The van der Waals surface area contributed by atoms with E-state index in [1.165, 1.54) is 11.1 Å². The maximum absolute atomic E-state index is 8.94. The van der Waals surface area contributed by atoms with Crippen LogP contribution in [-0.4, -0.2) is 4.98 Å². The lowest BCUT2D eigenvalue weighted by Crippen LogP contribution is -1.87. The van der Waals surface area contributed by atoms with E-state index in [0.29, 0.717) is 0 Å². The van der Waals surface area contributed by atoms with Gasteiger partial charge >= 0.3 is 0 Å². The molecular formula is C12H12N2. The normalized spacial score (nSPS) is 10.4. The highest BCUT2D eigenvalue weighted by molar-refractivity contribution is 5.89. The summed E-state index contributed by atoms with van der Waals surface area (Å²) in [6, 6.07) is 6.37. The number of H-pyrrole nitrogens is 1. The minimum atomic E-state index is 0.743. The van der Waals surface area contributed by atoms with Gasteiger partial charge in [0.15, 0.2) is 0 Å². The van der Waals surface area contributed by atoms with Gasteiger partial charge in [0, 0.05) is 17.1 Å². The van der Waals surface area contributed by atoms with Crippen LogP contribution in [0.25, 0.3) is 10.9 Å². The lowest BCUT2D eigenvalue weighted by atomic mass is 10.0. The molecule has 2 nitrogen and oxygen atoms in total. The van der Waals surface area contributed by atoms with Crippen molar-refractivity contribution < 1.29 is 0 Å². The third kappa shape index (κ3) is 1.10. The lowest BCUT2D eigenvalue weighted by Gasteiger charge is -2.03. The first-order chi connectivity index (χ1) is 6.77. The summed E-state index contributed by atoms with van der Waals surface area (Å²) in [5.74, 6) is 0. The number of aromatic nitrogens is 1. The maximum Gasteiger partial charge on any atom is 0.101 e. The van der Waals surface area contributed by atoms with Gasteiger partial charge in [-0.3, -0.25) is 0 Å². The monoisotopic (exact) mass is 184 g/mol. The van der Waals surface area contributed by atoms with Crippen molar-refractivity contribution in [3.8, 4) is 6.07 Å². The third-order valence-corrected chi connectivity index (χ3v) is 2.72. The molecule has 1 aromatic heterocycles. The zero-order chi connectivity index (χ0) is 10.1. The Hall–Kier alpha value is -1.75. The molecule has 0 atom stereocenters. The molecule has 0 bridgehead atoms. The number of nitriles is 1. The average Bonchev–Trinajstić information content (AvgIpc) is 2.62. The van der Waals surface area contributed by atoms with E-state index >= 15 is 0 Å². The van der Waals surface area contributed by atoms with Crippen molar-refractivity contribution in [1.82, 2.24) is 4.98 Å². The summed E-state index contributed by atoms with van der Waals surface area (Å²) >= 11 is 0. The summed E-state index contributed by atoms with van der Waals surface area (Å²) in [5, 5.41) is 10.0. The number of hydrogen-bond acceptors (Lipinski definition) is 1. The molecule has 0 saturated heterocycles. The largest absolute Gasteiger partial charge is 0.360 e. The quantitative estimate of drug-likeness (QED) is 0.727. The second-order valence-corrected chi connectivity index (χ2v) is 3.44. The van der Waals surface area contributed by atoms with Crippen LogP contribution in [-0.2, 0) is 6.42 Å². The van der Waals surface area contributed by atoms with Crippen LogP contribution in [0.2, 0.25) is 0 Å². The van der Waals surface area contributed by atoms with Gasteiger partial charge in [0.2, 0.25) is 0 Å². The molecule has 0 radical (unpaired) electrons. The molecule has 0 unspecified atom stereocenters. The number of fused-ring (bicyclic) bond motifs is 1. The van der Waals surface area contributed by atoms with Crippen LogP contribution >= 0.6 is 0 Å². The van der Waals surface area contributed by atoms with Gasteiger partial charge in [-0.2, -0.15) is 5.26 Å². The van der Waals surface area contributed by atoms with Crippen LogP contribution in [0.4, 0.5) is 0 Å². The van der Waals surface area contributed by atoms with Gasteiger partial charge in [-0.25, -0.2) is 0 Å². The molecule has 1 N–H and O–H groups in total. The van der Waals surface area contributed by atoms with Crippen molar-refractivity contribution in [2.24, 2.45) is 0 Å². The van der Waals surface area contributed by atoms with E-state index in [1.54, 1.807) is 6.20 Å². The second kappa shape index (κ2) is 3.19. The highest BCUT2D eigenvalue weighted by Crippen LogP contribution is 2.24. The first-order valence-corrected chi connectivity index (χ1v) is 4.77. The summed E-state index contributed by atoms with van der Waals surface area (Å²) in [5.41, 5.74) is 4.33. The van der Waals surface area contributed by atoms with Gasteiger partial charge in [0.1, 0.15) is 6.07 Å². The molecule has 14 heavy (non-hydrogen) atoms. The average molecular weight is 184 g/mol. The number of aryl methyl sites for hydroxylation is 2. The van der Waals surface area contributed by atoms with Gasteiger partial charge in [-0.05, 0) is 30.5 Å². The van der Waals surface area contributed by atoms with Gasteiger partial charge in [-0.15, -0.1) is 0 Å². The Bertz CT molecular complexity index is 515. The Balaban J connectivity index is 2.85. The predicted octanol–water partition coefficient (Wildman–Crippen LogP) is 2.91. The molecule has 2 aromatic rings. The Labute approximate surface area is 83.2 Å². The smallest absolute Gasteiger partial charge is 0.101 e. The van der Waals surface area contributed by atoms with Crippen molar-refractivity contribution in [3.63, 3.8) is 0 Å². The van der Waals surface area contributed by atoms with Crippen LogP contribution < -0.4 is 0 Å². The van der Waals surface area contributed by atoms with E-state index in [9.17, 15) is 0 Å². The van der Waals surface area contributed by atoms with Crippen LogP contribution in [0, 0.1) is 18.3 Å². The summed E-state index contributed by atoms with van der Waals surface area (Å²) in [4.78, 5) is 3.11. The fraction of sp³-hybridized carbons (Fsp3) is 0.250. The lowest BCUT2D eigenvalue weighted by molar-refractivity contribution is 1.12. The number of rotatable bonds is 1. The fourth-order valence-electron chi connectivity index (χ4n) is 1.92.